The second-order valence-electron chi connectivity index (χ2n) is 4.77. The highest BCUT2D eigenvalue weighted by molar-refractivity contribution is 5.77. The van der Waals surface area contributed by atoms with Gasteiger partial charge in [0, 0.05) is 11.1 Å². The fourth-order valence-electron chi connectivity index (χ4n) is 2.08. The van der Waals surface area contributed by atoms with Gasteiger partial charge in [-0.05, 0) is 48.4 Å². The van der Waals surface area contributed by atoms with Crippen LogP contribution in [0.1, 0.15) is 5.56 Å². The van der Waals surface area contributed by atoms with Gasteiger partial charge in [0.15, 0.2) is 0 Å². The van der Waals surface area contributed by atoms with Crippen LogP contribution in [0.2, 0.25) is 0 Å². The highest BCUT2D eigenvalue weighted by Crippen LogP contribution is 2.38. The quantitative estimate of drug-likeness (QED) is 0.565. The highest BCUT2D eigenvalue weighted by Gasteiger charge is 2.12. The average Bonchev–Trinajstić information content (AvgIpc) is 2.51. The summed E-state index contributed by atoms with van der Waals surface area (Å²) in [5.41, 5.74) is 1.85. The van der Waals surface area contributed by atoms with Crippen molar-refractivity contribution in [2.24, 2.45) is 0 Å². The van der Waals surface area contributed by atoms with Crippen molar-refractivity contribution in [3.05, 3.63) is 67.3 Å². The third kappa shape index (κ3) is 3.48. The summed E-state index contributed by atoms with van der Waals surface area (Å²) >= 11 is 0. The van der Waals surface area contributed by atoms with Crippen molar-refractivity contribution in [3.63, 3.8) is 0 Å². The Kier molecular flexibility index (Phi) is 4.86. The Labute approximate surface area is 129 Å². The summed E-state index contributed by atoms with van der Waals surface area (Å²) in [6.07, 6.45) is 2.52. The lowest BCUT2D eigenvalue weighted by Crippen LogP contribution is -2.11. The Morgan fingerprint density at radius 3 is 2.27 bits per heavy atom. The van der Waals surface area contributed by atoms with Crippen molar-refractivity contribution < 1.29 is 20.1 Å². The zero-order chi connectivity index (χ0) is 16.1. The summed E-state index contributed by atoms with van der Waals surface area (Å²) in [7, 11) is 0. The van der Waals surface area contributed by atoms with E-state index in [1.807, 2.05) is 0 Å². The van der Waals surface area contributed by atoms with E-state index in [-0.39, 0.29) is 11.5 Å². The van der Waals surface area contributed by atoms with Crippen LogP contribution in [0.25, 0.3) is 11.1 Å². The number of ether oxygens (including phenoxy) is 1. The van der Waals surface area contributed by atoms with Gasteiger partial charge in [-0.25, -0.2) is 0 Å². The predicted molar refractivity (Wildman–Crippen MR) is 85.9 cm³/mol. The van der Waals surface area contributed by atoms with Crippen LogP contribution in [0, 0.1) is 0 Å². The number of rotatable bonds is 6. The molecular weight excluding hydrogens is 280 g/mol. The molecule has 0 radical (unpaired) electrons. The molecule has 0 fully saturated rings. The highest BCUT2D eigenvalue weighted by atomic mass is 16.6. The second kappa shape index (κ2) is 6.83. The standard InChI is InChI=1S/C18H18O4/c1-3-5-12-6-8-16(19)14(10-12)15-11-13(7-9-17(15)20)22-18(21)4-2/h3-4,6-11,18-21H,1-2,5H2. The van der Waals surface area contributed by atoms with Crippen molar-refractivity contribution >= 4 is 0 Å². The smallest absolute Gasteiger partial charge is 0.216 e. The number of phenolic OH excluding ortho intramolecular Hbond substituents is 2. The molecule has 1 unspecified atom stereocenters. The van der Waals surface area contributed by atoms with E-state index in [1.165, 1.54) is 18.2 Å². The Hall–Kier alpha value is -2.72. The third-order valence-corrected chi connectivity index (χ3v) is 3.16. The molecule has 0 bridgehead atoms. The van der Waals surface area contributed by atoms with Gasteiger partial charge >= 0.3 is 0 Å². The largest absolute Gasteiger partial charge is 0.507 e. The molecule has 0 spiro atoms. The van der Waals surface area contributed by atoms with Gasteiger partial charge in [-0.2, -0.15) is 0 Å². The van der Waals surface area contributed by atoms with E-state index < -0.39 is 6.29 Å². The predicted octanol–water partition coefficient (Wildman–Crippen LogP) is 3.38. The molecule has 0 saturated heterocycles. The van der Waals surface area contributed by atoms with Crippen LogP contribution in [0.5, 0.6) is 17.2 Å². The van der Waals surface area contributed by atoms with Crippen LogP contribution >= 0.6 is 0 Å². The molecule has 2 aromatic rings. The molecule has 0 aliphatic heterocycles. The van der Waals surface area contributed by atoms with Crippen molar-refractivity contribution in [2.75, 3.05) is 0 Å². The van der Waals surface area contributed by atoms with Crippen LogP contribution in [0.3, 0.4) is 0 Å². The monoisotopic (exact) mass is 298 g/mol. The molecule has 2 aromatic carbocycles. The Morgan fingerprint density at radius 1 is 1.00 bits per heavy atom. The molecule has 0 aromatic heterocycles. The van der Waals surface area contributed by atoms with Gasteiger partial charge in [0.2, 0.25) is 6.29 Å². The molecular formula is C18H18O4. The van der Waals surface area contributed by atoms with E-state index >= 15 is 0 Å². The van der Waals surface area contributed by atoms with Gasteiger partial charge in [0.1, 0.15) is 17.2 Å². The van der Waals surface area contributed by atoms with Crippen LogP contribution in [-0.2, 0) is 6.42 Å². The fraction of sp³-hybridized carbons (Fsp3) is 0.111. The molecule has 22 heavy (non-hydrogen) atoms. The molecule has 0 amide bonds. The molecule has 3 N–H and O–H groups in total. The van der Waals surface area contributed by atoms with E-state index in [2.05, 4.69) is 13.2 Å². The number of hydrogen-bond acceptors (Lipinski definition) is 4. The number of benzene rings is 2. The maximum absolute atomic E-state index is 10.1. The number of phenols is 2. The second-order valence-corrected chi connectivity index (χ2v) is 4.77. The molecule has 0 saturated carbocycles. The molecule has 4 nitrogen and oxygen atoms in total. The normalized spacial score (nSPS) is 11.7. The number of aromatic hydroxyl groups is 2. The van der Waals surface area contributed by atoms with Crippen LogP contribution < -0.4 is 4.74 Å². The van der Waals surface area contributed by atoms with E-state index in [1.54, 1.807) is 30.3 Å². The topological polar surface area (TPSA) is 69.9 Å². The van der Waals surface area contributed by atoms with E-state index in [0.29, 0.717) is 23.3 Å². The van der Waals surface area contributed by atoms with Gasteiger partial charge in [0.25, 0.3) is 0 Å². The van der Waals surface area contributed by atoms with Crippen LogP contribution in [0.4, 0.5) is 0 Å². The molecule has 2 rings (SSSR count). The van der Waals surface area contributed by atoms with E-state index in [0.717, 1.165) is 5.56 Å². The maximum atomic E-state index is 10.1. The number of aliphatic hydroxyl groups excluding tert-OH is 1. The zero-order valence-corrected chi connectivity index (χ0v) is 12.1. The number of hydrogen-bond donors (Lipinski definition) is 3. The third-order valence-electron chi connectivity index (χ3n) is 3.16. The maximum Gasteiger partial charge on any atom is 0.216 e. The van der Waals surface area contributed by atoms with Crippen molar-refractivity contribution in [1.82, 2.24) is 0 Å². The van der Waals surface area contributed by atoms with Gasteiger partial charge in [-0.3, -0.25) is 0 Å². The minimum Gasteiger partial charge on any atom is -0.507 e. The lowest BCUT2D eigenvalue weighted by Gasteiger charge is -2.13. The first-order chi connectivity index (χ1) is 10.5. The average molecular weight is 298 g/mol. The van der Waals surface area contributed by atoms with Gasteiger partial charge in [-0.1, -0.05) is 18.7 Å². The summed E-state index contributed by atoms with van der Waals surface area (Å²) in [4.78, 5) is 0. The molecule has 1 atom stereocenters. The van der Waals surface area contributed by atoms with Gasteiger partial charge < -0.3 is 20.1 Å². The summed E-state index contributed by atoms with van der Waals surface area (Å²) in [6.45, 7) is 7.11. The first-order valence-electron chi connectivity index (χ1n) is 6.78. The number of aliphatic hydroxyl groups is 1. The Bertz CT molecular complexity index is 691. The first-order valence-corrected chi connectivity index (χ1v) is 6.78. The fourth-order valence-corrected chi connectivity index (χ4v) is 2.08. The lowest BCUT2D eigenvalue weighted by atomic mass is 9.99. The zero-order valence-electron chi connectivity index (χ0n) is 12.1. The van der Waals surface area contributed by atoms with E-state index in [4.69, 9.17) is 4.74 Å². The lowest BCUT2D eigenvalue weighted by molar-refractivity contribution is 0.0251. The molecule has 0 heterocycles. The molecule has 0 aliphatic rings. The first kappa shape index (κ1) is 15.7. The van der Waals surface area contributed by atoms with Crippen molar-refractivity contribution in [3.8, 4) is 28.4 Å². The summed E-state index contributed by atoms with van der Waals surface area (Å²) < 4.78 is 5.23. The van der Waals surface area contributed by atoms with Crippen LogP contribution in [0.15, 0.2) is 61.7 Å². The molecule has 114 valence electrons. The Morgan fingerprint density at radius 2 is 1.64 bits per heavy atom. The number of allylic oxidation sites excluding steroid dienone is 1. The molecule has 0 aliphatic carbocycles. The minimum atomic E-state index is -1.14. The van der Waals surface area contributed by atoms with Crippen LogP contribution in [-0.4, -0.2) is 21.6 Å². The summed E-state index contributed by atoms with van der Waals surface area (Å²) in [5.74, 6) is 0.407. The minimum absolute atomic E-state index is 0.00601. The summed E-state index contributed by atoms with van der Waals surface area (Å²) in [6, 6.07) is 9.66. The van der Waals surface area contributed by atoms with Gasteiger partial charge in [0.05, 0.1) is 0 Å². The SMILES string of the molecule is C=CCc1ccc(O)c(-c2cc(OC(O)C=C)ccc2O)c1. The van der Waals surface area contributed by atoms with Gasteiger partial charge in [-0.15, -0.1) is 6.58 Å². The molecule has 4 heteroatoms. The van der Waals surface area contributed by atoms with E-state index in [9.17, 15) is 15.3 Å². The van der Waals surface area contributed by atoms with Crippen molar-refractivity contribution in [2.45, 2.75) is 12.7 Å². The Balaban J connectivity index is 2.46. The summed E-state index contributed by atoms with van der Waals surface area (Å²) in [5, 5.41) is 29.6. The van der Waals surface area contributed by atoms with Crippen molar-refractivity contribution in [1.29, 1.82) is 0 Å².